The first-order valence-corrected chi connectivity index (χ1v) is 9.79. The Labute approximate surface area is 188 Å². The molecule has 0 spiro atoms. The molecule has 1 aromatic carbocycles. The molecule has 8 nitrogen and oxygen atoms in total. The van der Waals surface area contributed by atoms with Crippen LogP contribution in [0.2, 0.25) is 0 Å². The third kappa shape index (κ3) is 6.77. The zero-order valence-electron chi connectivity index (χ0n) is 17.0. The van der Waals surface area contributed by atoms with E-state index < -0.39 is 0 Å². The molecule has 2 aromatic rings. The molecule has 0 bridgehead atoms. The van der Waals surface area contributed by atoms with Gasteiger partial charge in [-0.25, -0.2) is 4.99 Å². The number of hydrogen-bond donors (Lipinski definition) is 2. The van der Waals surface area contributed by atoms with Gasteiger partial charge in [-0.2, -0.15) is 0 Å². The smallest absolute Gasteiger partial charge is 0.194 e. The Bertz CT molecular complexity index is 761. The number of phenolic OH excluding ortho intramolecular Hbond substituents is 1. The van der Waals surface area contributed by atoms with E-state index in [0.29, 0.717) is 18.9 Å². The lowest BCUT2D eigenvalue weighted by Crippen LogP contribution is -2.52. The fourth-order valence-electron chi connectivity index (χ4n) is 3.19. The number of aromatic hydroxyl groups is 1. The molecule has 3 rings (SSSR count). The maximum absolute atomic E-state index is 9.85. The third-order valence-electron chi connectivity index (χ3n) is 4.62. The summed E-state index contributed by atoms with van der Waals surface area (Å²) in [6.07, 6.45) is 1.61. The molecular formula is C20H30IN5O3. The van der Waals surface area contributed by atoms with Crippen LogP contribution in [-0.2, 0) is 13.1 Å². The van der Waals surface area contributed by atoms with Gasteiger partial charge in [0.1, 0.15) is 6.26 Å². The minimum atomic E-state index is 0. The van der Waals surface area contributed by atoms with Crippen LogP contribution >= 0.6 is 24.0 Å². The topological polar surface area (TPSA) is 86.4 Å². The average molecular weight is 515 g/mol. The quantitative estimate of drug-likeness (QED) is 0.333. The van der Waals surface area contributed by atoms with Crippen molar-refractivity contribution in [1.82, 2.24) is 20.3 Å². The largest absolute Gasteiger partial charge is 0.504 e. The first-order chi connectivity index (χ1) is 13.7. The van der Waals surface area contributed by atoms with Crippen molar-refractivity contribution >= 4 is 29.9 Å². The van der Waals surface area contributed by atoms with Crippen LogP contribution in [0.5, 0.6) is 11.5 Å². The number of ether oxygens (including phenoxy) is 1. The molecule has 160 valence electrons. The van der Waals surface area contributed by atoms with E-state index in [1.54, 1.807) is 12.3 Å². The fourth-order valence-corrected chi connectivity index (χ4v) is 3.19. The Balaban J connectivity index is 0.00000300. The van der Waals surface area contributed by atoms with Gasteiger partial charge in [0, 0.05) is 45.3 Å². The number of nitrogens with one attached hydrogen (secondary N) is 1. The lowest BCUT2D eigenvalue weighted by molar-refractivity contribution is 0.169. The molecule has 1 aliphatic heterocycles. The van der Waals surface area contributed by atoms with Crippen molar-refractivity contribution in [3.63, 3.8) is 0 Å². The predicted molar refractivity (Wildman–Crippen MR) is 123 cm³/mol. The third-order valence-corrected chi connectivity index (χ3v) is 4.62. The van der Waals surface area contributed by atoms with Gasteiger partial charge >= 0.3 is 0 Å². The Hall–Kier alpha value is -2.01. The number of aromatic nitrogens is 1. The minimum Gasteiger partial charge on any atom is -0.504 e. The van der Waals surface area contributed by atoms with E-state index in [1.165, 1.54) is 0 Å². The van der Waals surface area contributed by atoms with E-state index in [1.807, 2.05) is 25.1 Å². The van der Waals surface area contributed by atoms with Crippen molar-refractivity contribution in [3.05, 3.63) is 41.8 Å². The van der Waals surface area contributed by atoms with Gasteiger partial charge in [-0.05, 0) is 31.5 Å². The molecular weight excluding hydrogens is 485 g/mol. The maximum atomic E-state index is 9.85. The number of nitrogens with zero attached hydrogens (tertiary/aromatic N) is 4. The van der Waals surface area contributed by atoms with Crippen LogP contribution in [0.15, 0.2) is 40.0 Å². The highest BCUT2D eigenvalue weighted by atomic mass is 127. The highest BCUT2D eigenvalue weighted by Crippen LogP contribution is 2.27. The number of rotatable bonds is 7. The average Bonchev–Trinajstić information content (AvgIpc) is 3.21. The minimum absolute atomic E-state index is 0. The molecule has 0 aliphatic carbocycles. The molecule has 29 heavy (non-hydrogen) atoms. The van der Waals surface area contributed by atoms with Crippen LogP contribution in [-0.4, -0.2) is 65.4 Å². The molecule has 1 aromatic heterocycles. The first-order valence-electron chi connectivity index (χ1n) is 9.79. The van der Waals surface area contributed by atoms with Gasteiger partial charge in [0.15, 0.2) is 17.5 Å². The monoisotopic (exact) mass is 515 g/mol. The van der Waals surface area contributed by atoms with Gasteiger partial charge in [-0.1, -0.05) is 11.2 Å². The molecule has 1 fully saturated rings. The van der Waals surface area contributed by atoms with Crippen LogP contribution < -0.4 is 10.1 Å². The van der Waals surface area contributed by atoms with Gasteiger partial charge in [-0.3, -0.25) is 4.90 Å². The SMILES string of the molecule is CCNC(=NCc1ccc(O)c(OCC)c1)N1CCN(Cc2ccon2)CC1.I. The Kier molecular flexibility index (Phi) is 9.52. The van der Waals surface area contributed by atoms with Gasteiger partial charge in [0.2, 0.25) is 0 Å². The van der Waals surface area contributed by atoms with Crippen molar-refractivity contribution in [2.75, 3.05) is 39.3 Å². The zero-order chi connectivity index (χ0) is 19.8. The van der Waals surface area contributed by atoms with E-state index in [9.17, 15) is 5.11 Å². The summed E-state index contributed by atoms with van der Waals surface area (Å²) in [5, 5.41) is 17.2. The number of halogens is 1. The van der Waals surface area contributed by atoms with E-state index in [4.69, 9.17) is 14.3 Å². The van der Waals surface area contributed by atoms with E-state index in [-0.39, 0.29) is 29.7 Å². The summed E-state index contributed by atoms with van der Waals surface area (Å²) in [7, 11) is 0. The van der Waals surface area contributed by atoms with E-state index in [0.717, 1.165) is 56.5 Å². The molecule has 0 radical (unpaired) electrons. The highest BCUT2D eigenvalue weighted by molar-refractivity contribution is 14.0. The van der Waals surface area contributed by atoms with Crippen molar-refractivity contribution in [3.8, 4) is 11.5 Å². The summed E-state index contributed by atoms with van der Waals surface area (Å²) in [4.78, 5) is 9.44. The molecule has 0 amide bonds. The van der Waals surface area contributed by atoms with Crippen LogP contribution in [0.4, 0.5) is 0 Å². The van der Waals surface area contributed by atoms with Gasteiger partial charge in [0.25, 0.3) is 0 Å². The zero-order valence-corrected chi connectivity index (χ0v) is 19.3. The van der Waals surface area contributed by atoms with Crippen molar-refractivity contribution in [1.29, 1.82) is 0 Å². The number of guanidine groups is 1. The summed E-state index contributed by atoms with van der Waals surface area (Å²) >= 11 is 0. The second kappa shape index (κ2) is 11.9. The molecule has 1 aliphatic rings. The Morgan fingerprint density at radius 3 is 2.69 bits per heavy atom. The second-order valence-electron chi connectivity index (χ2n) is 6.66. The first kappa shape index (κ1) is 23.3. The molecule has 9 heteroatoms. The summed E-state index contributed by atoms with van der Waals surface area (Å²) in [5.41, 5.74) is 1.97. The molecule has 2 heterocycles. The molecule has 2 N–H and O–H groups in total. The normalized spacial score (nSPS) is 15.1. The number of benzene rings is 1. The fraction of sp³-hybridized carbons (Fsp3) is 0.500. The van der Waals surface area contributed by atoms with Crippen LogP contribution in [0.1, 0.15) is 25.1 Å². The summed E-state index contributed by atoms with van der Waals surface area (Å²) in [6, 6.07) is 7.29. The standard InChI is InChI=1S/C20H29N5O3.HI/c1-3-21-20(22-14-16-5-6-18(26)19(13-16)27-4-2)25-10-8-24(9-11-25)15-17-7-12-28-23-17;/h5-7,12-13,26H,3-4,8-11,14-15H2,1-2H3,(H,21,22);1H. The lowest BCUT2D eigenvalue weighted by atomic mass is 10.2. The molecule has 0 unspecified atom stereocenters. The van der Waals surface area contributed by atoms with Crippen LogP contribution in [0.25, 0.3) is 0 Å². The molecule has 0 saturated carbocycles. The van der Waals surface area contributed by atoms with Crippen molar-refractivity contribution in [2.45, 2.75) is 26.9 Å². The number of hydrogen-bond acceptors (Lipinski definition) is 6. The maximum Gasteiger partial charge on any atom is 0.194 e. The molecule has 1 saturated heterocycles. The summed E-state index contributed by atoms with van der Waals surface area (Å²) < 4.78 is 10.4. The van der Waals surface area contributed by atoms with Gasteiger partial charge in [0.05, 0.1) is 18.8 Å². The van der Waals surface area contributed by atoms with E-state index in [2.05, 4.69) is 27.2 Å². The van der Waals surface area contributed by atoms with Gasteiger partial charge in [-0.15, -0.1) is 24.0 Å². The van der Waals surface area contributed by atoms with E-state index >= 15 is 0 Å². The second-order valence-corrected chi connectivity index (χ2v) is 6.66. The number of aliphatic imine (C=N–C) groups is 1. The van der Waals surface area contributed by atoms with Crippen LogP contribution in [0, 0.1) is 0 Å². The summed E-state index contributed by atoms with van der Waals surface area (Å²) in [6.45, 7) is 10.4. The number of phenols is 1. The van der Waals surface area contributed by atoms with Crippen molar-refractivity contribution in [2.24, 2.45) is 4.99 Å². The Morgan fingerprint density at radius 1 is 1.24 bits per heavy atom. The highest BCUT2D eigenvalue weighted by Gasteiger charge is 2.20. The molecule has 0 atom stereocenters. The van der Waals surface area contributed by atoms with Crippen LogP contribution in [0.3, 0.4) is 0 Å². The Morgan fingerprint density at radius 2 is 2.03 bits per heavy atom. The van der Waals surface area contributed by atoms with Crippen molar-refractivity contribution < 1.29 is 14.4 Å². The lowest BCUT2D eigenvalue weighted by Gasteiger charge is -2.36. The van der Waals surface area contributed by atoms with Gasteiger partial charge < -0.3 is 24.6 Å². The predicted octanol–water partition coefficient (Wildman–Crippen LogP) is 2.68. The number of piperazine rings is 1. The summed E-state index contributed by atoms with van der Waals surface area (Å²) in [5.74, 6) is 1.57.